The molecule has 0 amide bonds. The van der Waals surface area contributed by atoms with Crippen molar-refractivity contribution < 1.29 is 5.11 Å². The largest absolute Gasteiger partial charge is 0.394 e. The zero-order valence-electron chi connectivity index (χ0n) is 9.76. The summed E-state index contributed by atoms with van der Waals surface area (Å²) in [6.07, 6.45) is 6.28. The first kappa shape index (κ1) is 11.3. The number of hydrogen-bond acceptors (Lipinski definition) is 4. The smallest absolute Gasteiger partial charge is 0.132 e. The topological polar surface area (TPSA) is 49.2 Å². The van der Waals surface area contributed by atoms with Crippen molar-refractivity contribution in [3.63, 3.8) is 0 Å². The normalized spacial score (nSPS) is 21.9. The number of aliphatic hydroxyl groups is 1. The van der Waals surface area contributed by atoms with Crippen LogP contribution in [0.4, 0.5) is 5.82 Å². The summed E-state index contributed by atoms with van der Waals surface area (Å²) < 4.78 is 0. The molecule has 0 aromatic carbocycles. The quantitative estimate of drug-likeness (QED) is 0.822. The lowest BCUT2D eigenvalue weighted by Gasteiger charge is -2.29. The van der Waals surface area contributed by atoms with Crippen LogP contribution in [0.5, 0.6) is 0 Å². The molecule has 4 heteroatoms. The minimum atomic E-state index is 0.211. The minimum Gasteiger partial charge on any atom is -0.394 e. The van der Waals surface area contributed by atoms with Crippen LogP contribution in [-0.4, -0.2) is 34.3 Å². The van der Waals surface area contributed by atoms with E-state index in [4.69, 9.17) is 0 Å². The number of hydrogen-bond donors (Lipinski definition) is 1. The number of rotatable bonds is 2. The molecule has 0 bridgehead atoms. The highest BCUT2D eigenvalue weighted by atomic mass is 16.3. The van der Waals surface area contributed by atoms with Gasteiger partial charge in [0.2, 0.25) is 0 Å². The molecule has 1 saturated heterocycles. The summed E-state index contributed by atoms with van der Waals surface area (Å²) in [6, 6.07) is 2.21. The first-order valence-electron chi connectivity index (χ1n) is 5.97. The molecule has 1 atom stereocenters. The van der Waals surface area contributed by atoms with Crippen LogP contribution in [-0.2, 0) is 0 Å². The van der Waals surface area contributed by atoms with Crippen LogP contribution in [0.15, 0.2) is 12.4 Å². The highest BCUT2D eigenvalue weighted by Crippen LogP contribution is 2.22. The maximum atomic E-state index is 9.43. The average Bonchev–Trinajstić information content (AvgIpc) is 2.53. The molecule has 88 valence electrons. The fourth-order valence-corrected chi connectivity index (χ4v) is 2.27. The predicted octanol–water partition coefficient (Wildman–Crippen LogP) is 1.53. The van der Waals surface area contributed by atoms with Crippen LogP contribution < -0.4 is 4.90 Å². The second-order valence-electron chi connectivity index (χ2n) is 4.40. The molecular weight excluding hydrogens is 202 g/mol. The molecule has 1 aliphatic rings. The molecule has 2 heterocycles. The van der Waals surface area contributed by atoms with Gasteiger partial charge in [-0.2, -0.15) is 0 Å². The second-order valence-corrected chi connectivity index (χ2v) is 4.40. The van der Waals surface area contributed by atoms with Gasteiger partial charge in [0, 0.05) is 18.3 Å². The van der Waals surface area contributed by atoms with E-state index in [1.807, 2.05) is 13.0 Å². The van der Waals surface area contributed by atoms with E-state index in [0.717, 1.165) is 24.5 Å². The Bertz CT molecular complexity index is 343. The first-order chi connectivity index (χ1) is 7.81. The minimum absolute atomic E-state index is 0.211. The molecule has 4 nitrogen and oxygen atoms in total. The SMILES string of the molecule is Cc1cc(N2CCCCCC2CO)ncn1. The Balaban J connectivity index is 2.21. The van der Waals surface area contributed by atoms with Crippen molar-refractivity contribution in [2.24, 2.45) is 0 Å². The van der Waals surface area contributed by atoms with Crippen molar-refractivity contribution >= 4 is 5.82 Å². The Morgan fingerprint density at radius 3 is 3.00 bits per heavy atom. The fourth-order valence-electron chi connectivity index (χ4n) is 2.27. The summed E-state index contributed by atoms with van der Waals surface area (Å²) in [5.41, 5.74) is 0.978. The zero-order valence-corrected chi connectivity index (χ0v) is 9.76. The fraction of sp³-hybridized carbons (Fsp3) is 0.667. The number of aryl methyl sites for hydroxylation is 1. The summed E-state index contributed by atoms with van der Waals surface area (Å²) in [4.78, 5) is 10.6. The lowest BCUT2D eigenvalue weighted by molar-refractivity contribution is 0.254. The summed E-state index contributed by atoms with van der Waals surface area (Å²) >= 11 is 0. The van der Waals surface area contributed by atoms with Gasteiger partial charge < -0.3 is 10.0 Å². The molecule has 0 aliphatic carbocycles. The van der Waals surface area contributed by atoms with Gasteiger partial charge in [0.1, 0.15) is 12.1 Å². The third-order valence-electron chi connectivity index (χ3n) is 3.17. The molecule has 1 aromatic heterocycles. The Hall–Kier alpha value is -1.16. The maximum absolute atomic E-state index is 9.43. The molecule has 0 spiro atoms. The lowest BCUT2D eigenvalue weighted by atomic mass is 10.1. The van der Waals surface area contributed by atoms with Crippen LogP contribution in [0.1, 0.15) is 31.4 Å². The molecule has 1 N–H and O–H groups in total. The van der Waals surface area contributed by atoms with Gasteiger partial charge in [0.15, 0.2) is 0 Å². The van der Waals surface area contributed by atoms with Crippen LogP contribution in [0, 0.1) is 6.92 Å². The summed E-state index contributed by atoms with van der Waals surface area (Å²) in [5.74, 6) is 0.952. The van der Waals surface area contributed by atoms with E-state index in [1.54, 1.807) is 6.33 Å². The van der Waals surface area contributed by atoms with E-state index in [-0.39, 0.29) is 12.6 Å². The number of aromatic nitrogens is 2. The Morgan fingerprint density at radius 2 is 2.25 bits per heavy atom. The third kappa shape index (κ3) is 2.50. The van der Waals surface area contributed by atoms with E-state index in [2.05, 4.69) is 14.9 Å². The van der Waals surface area contributed by atoms with Crippen LogP contribution in [0.3, 0.4) is 0 Å². The van der Waals surface area contributed by atoms with Gasteiger partial charge in [0.25, 0.3) is 0 Å². The van der Waals surface area contributed by atoms with Gasteiger partial charge in [-0.15, -0.1) is 0 Å². The lowest BCUT2D eigenvalue weighted by Crippen LogP contribution is -2.38. The van der Waals surface area contributed by atoms with Gasteiger partial charge in [-0.3, -0.25) is 0 Å². The molecular formula is C12H19N3O. The van der Waals surface area contributed by atoms with E-state index in [9.17, 15) is 5.11 Å². The maximum Gasteiger partial charge on any atom is 0.132 e. The standard InChI is InChI=1S/C12H19N3O/c1-10-7-12(14-9-13-10)15-6-4-2-3-5-11(15)8-16/h7,9,11,16H,2-6,8H2,1H3. The third-order valence-corrected chi connectivity index (χ3v) is 3.17. The Kier molecular flexibility index (Phi) is 3.72. The predicted molar refractivity (Wildman–Crippen MR) is 63.5 cm³/mol. The van der Waals surface area contributed by atoms with Crippen molar-refractivity contribution in [3.05, 3.63) is 18.1 Å². The van der Waals surface area contributed by atoms with E-state index >= 15 is 0 Å². The van der Waals surface area contributed by atoms with Crippen molar-refractivity contribution in [2.45, 2.75) is 38.6 Å². The van der Waals surface area contributed by atoms with E-state index < -0.39 is 0 Å². The van der Waals surface area contributed by atoms with Gasteiger partial charge >= 0.3 is 0 Å². The van der Waals surface area contributed by atoms with Gasteiger partial charge in [-0.1, -0.05) is 12.8 Å². The summed E-state index contributed by atoms with van der Waals surface area (Å²) in [6.45, 7) is 3.17. The summed E-state index contributed by atoms with van der Waals surface area (Å²) in [5, 5.41) is 9.43. The van der Waals surface area contributed by atoms with E-state index in [1.165, 1.54) is 19.3 Å². The van der Waals surface area contributed by atoms with Crippen molar-refractivity contribution in [3.8, 4) is 0 Å². The molecule has 2 rings (SSSR count). The molecule has 1 aliphatic heterocycles. The van der Waals surface area contributed by atoms with Gasteiger partial charge in [-0.25, -0.2) is 9.97 Å². The highest BCUT2D eigenvalue weighted by molar-refractivity contribution is 5.40. The first-order valence-corrected chi connectivity index (χ1v) is 5.97. The van der Waals surface area contributed by atoms with Crippen LogP contribution in [0.2, 0.25) is 0 Å². The molecule has 0 radical (unpaired) electrons. The molecule has 16 heavy (non-hydrogen) atoms. The monoisotopic (exact) mass is 221 g/mol. The Labute approximate surface area is 96.3 Å². The molecule has 1 aromatic rings. The van der Waals surface area contributed by atoms with Gasteiger partial charge in [-0.05, 0) is 19.8 Å². The van der Waals surface area contributed by atoms with Gasteiger partial charge in [0.05, 0.1) is 12.6 Å². The van der Waals surface area contributed by atoms with E-state index in [0.29, 0.717) is 0 Å². The molecule has 1 fully saturated rings. The van der Waals surface area contributed by atoms with Crippen molar-refractivity contribution in [1.82, 2.24) is 9.97 Å². The average molecular weight is 221 g/mol. The Morgan fingerprint density at radius 1 is 1.38 bits per heavy atom. The highest BCUT2D eigenvalue weighted by Gasteiger charge is 2.21. The second kappa shape index (κ2) is 5.25. The summed E-state index contributed by atoms with van der Waals surface area (Å²) in [7, 11) is 0. The number of aliphatic hydroxyl groups excluding tert-OH is 1. The van der Waals surface area contributed by atoms with Crippen molar-refractivity contribution in [1.29, 1.82) is 0 Å². The number of anilines is 1. The number of nitrogens with zero attached hydrogens (tertiary/aromatic N) is 3. The van der Waals surface area contributed by atoms with Crippen molar-refractivity contribution in [2.75, 3.05) is 18.1 Å². The van der Waals surface area contributed by atoms with Crippen LogP contribution in [0.25, 0.3) is 0 Å². The molecule has 1 unspecified atom stereocenters. The van der Waals surface area contributed by atoms with Crippen LogP contribution >= 0.6 is 0 Å². The molecule has 0 saturated carbocycles. The zero-order chi connectivity index (χ0) is 11.4.